The zero-order chi connectivity index (χ0) is 20.5. The second-order valence-electron chi connectivity index (χ2n) is 7.24. The first-order chi connectivity index (χ1) is 13.4. The smallest absolute Gasteiger partial charge is 0.284 e. The number of allylic oxidation sites excluding steroid dienone is 6. The fourth-order valence-corrected chi connectivity index (χ4v) is 3.17. The summed E-state index contributed by atoms with van der Waals surface area (Å²) in [7, 11) is 1.86. The maximum absolute atomic E-state index is 11.6. The van der Waals surface area contributed by atoms with E-state index in [9.17, 15) is 4.79 Å². The van der Waals surface area contributed by atoms with Crippen LogP contribution in [0.2, 0.25) is 0 Å². The lowest BCUT2D eigenvalue weighted by molar-refractivity contribution is -0.154. The Hall–Kier alpha value is -2.69. The predicted octanol–water partition coefficient (Wildman–Crippen LogP) is 5.54. The molecule has 0 aromatic carbocycles. The molecule has 0 aromatic rings. The fourth-order valence-electron chi connectivity index (χ4n) is 3.17. The second-order valence-corrected chi connectivity index (χ2v) is 7.24. The SMILES string of the molecule is C=C(CCCC(=C)N(C)OC(=C)C1CC/C=C\CCC1)ON1C(=C)C=CC1=O. The molecule has 1 unspecified atom stereocenters. The second kappa shape index (κ2) is 10.6. The van der Waals surface area contributed by atoms with E-state index in [4.69, 9.17) is 9.68 Å². The lowest BCUT2D eigenvalue weighted by Crippen LogP contribution is -2.23. The Bertz CT molecular complexity index is 672. The van der Waals surface area contributed by atoms with Crippen molar-refractivity contribution in [1.29, 1.82) is 0 Å². The van der Waals surface area contributed by atoms with Crippen LogP contribution < -0.4 is 0 Å². The number of carbonyl (C=O) groups excluding carboxylic acids is 1. The van der Waals surface area contributed by atoms with Gasteiger partial charge >= 0.3 is 0 Å². The molecule has 0 fully saturated rings. The zero-order valence-electron chi connectivity index (χ0n) is 17.0. The summed E-state index contributed by atoms with van der Waals surface area (Å²) in [6.45, 7) is 15.9. The van der Waals surface area contributed by atoms with Crippen molar-refractivity contribution >= 4 is 5.91 Å². The molecule has 0 bridgehead atoms. The largest absolute Gasteiger partial charge is 0.385 e. The Morgan fingerprint density at radius 2 is 1.93 bits per heavy atom. The molecule has 0 spiro atoms. The van der Waals surface area contributed by atoms with E-state index in [1.54, 1.807) is 11.1 Å². The van der Waals surface area contributed by atoms with Crippen molar-refractivity contribution in [3.63, 3.8) is 0 Å². The van der Waals surface area contributed by atoms with Crippen LogP contribution in [0.3, 0.4) is 0 Å². The maximum atomic E-state index is 11.6. The number of rotatable bonds is 10. The molecular weight excluding hydrogens is 352 g/mol. The molecule has 0 aromatic heterocycles. The Morgan fingerprint density at radius 1 is 1.18 bits per heavy atom. The zero-order valence-corrected chi connectivity index (χ0v) is 17.0. The minimum atomic E-state index is -0.244. The van der Waals surface area contributed by atoms with Gasteiger partial charge in [0.1, 0.15) is 11.5 Å². The number of amides is 1. The van der Waals surface area contributed by atoms with E-state index in [1.165, 1.54) is 6.08 Å². The quantitative estimate of drug-likeness (QED) is 0.282. The van der Waals surface area contributed by atoms with Crippen molar-refractivity contribution in [2.24, 2.45) is 5.92 Å². The summed E-state index contributed by atoms with van der Waals surface area (Å²) in [5.41, 5.74) is 1.37. The Balaban J connectivity index is 1.68. The highest BCUT2D eigenvalue weighted by molar-refractivity contribution is 5.92. The van der Waals surface area contributed by atoms with Crippen LogP contribution in [0.1, 0.15) is 51.4 Å². The monoisotopic (exact) mass is 384 g/mol. The molecule has 1 amide bonds. The highest BCUT2D eigenvalue weighted by Gasteiger charge is 2.21. The van der Waals surface area contributed by atoms with Gasteiger partial charge in [-0.1, -0.05) is 38.5 Å². The van der Waals surface area contributed by atoms with Crippen molar-refractivity contribution < 1.29 is 14.5 Å². The minimum Gasteiger partial charge on any atom is -0.385 e. The topological polar surface area (TPSA) is 42.0 Å². The van der Waals surface area contributed by atoms with Crippen LogP contribution in [0.25, 0.3) is 0 Å². The summed E-state index contributed by atoms with van der Waals surface area (Å²) in [6.07, 6.45) is 15.2. The van der Waals surface area contributed by atoms with E-state index in [-0.39, 0.29) is 5.91 Å². The van der Waals surface area contributed by atoms with Crippen LogP contribution >= 0.6 is 0 Å². The highest BCUT2D eigenvalue weighted by atomic mass is 16.7. The summed E-state index contributed by atoms with van der Waals surface area (Å²) >= 11 is 0. The molecule has 0 saturated carbocycles. The van der Waals surface area contributed by atoms with Gasteiger partial charge in [0.05, 0.1) is 5.70 Å². The lowest BCUT2D eigenvalue weighted by Gasteiger charge is -2.27. The van der Waals surface area contributed by atoms with Gasteiger partial charge < -0.3 is 9.68 Å². The van der Waals surface area contributed by atoms with E-state index in [2.05, 4.69) is 38.5 Å². The highest BCUT2D eigenvalue weighted by Crippen LogP contribution is 2.27. The van der Waals surface area contributed by atoms with E-state index in [0.717, 1.165) is 61.5 Å². The van der Waals surface area contributed by atoms with Gasteiger partial charge in [0.25, 0.3) is 5.91 Å². The van der Waals surface area contributed by atoms with Crippen molar-refractivity contribution in [1.82, 2.24) is 10.1 Å². The molecule has 2 aliphatic rings. The molecule has 5 nitrogen and oxygen atoms in total. The Kier molecular flexibility index (Phi) is 8.18. The maximum Gasteiger partial charge on any atom is 0.284 e. The van der Waals surface area contributed by atoms with Crippen LogP contribution in [-0.2, 0) is 14.5 Å². The van der Waals surface area contributed by atoms with Gasteiger partial charge in [0, 0.05) is 31.2 Å². The average molecular weight is 385 g/mol. The summed E-state index contributed by atoms with van der Waals surface area (Å²) in [4.78, 5) is 23.0. The van der Waals surface area contributed by atoms with Gasteiger partial charge in [0.15, 0.2) is 0 Å². The molecule has 5 heteroatoms. The third-order valence-corrected chi connectivity index (χ3v) is 4.95. The Morgan fingerprint density at radius 3 is 2.64 bits per heavy atom. The Labute approximate surface area is 168 Å². The van der Waals surface area contributed by atoms with Crippen molar-refractivity contribution in [2.75, 3.05) is 7.05 Å². The number of nitrogens with zero attached hydrogens (tertiary/aromatic N) is 2. The molecule has 1 heterocycles. The summed E-state index contributed by atoms with van der Waals surface area (Å²) in [6, 6.07) is 0. The van der Waals surface area contributed by atoms with E-state index in [1.807, 2.05) is 7.05 Å². The van der Waals surface area contributed by atoms with Crippen LogP contribution in [0.15, 0.2) is 73.5 Å². The third-order valence-electron chi connectivity index (χ3n) is 4.95. The van der Waals surface area contributed by atoms with Gasteiger partial charge in [-0.05, 0) is 51.0 Å². The molecule has 0 saturated heterocycles. The molecule has 0 N–H and O–H groups in total. The molecule has 1 atom stereocenters. The standard InChI is InChI=1S/C23H32N2O3/c1-18(12-11-13-20(3)27-25-19(2)16-17-23(25)26)24(5)28-21(4)22-14-9-7-6-8-10-15-22/h6-7,16-17,22H,1-4,8-15H2,5H3/b7-6-. The molecule has 0 radical (unpaired) electrons. The summed E-state index contributed by atoms with van der Waals surface area (Å²) in [5, 5.41) is 2.86. The minimum absolute atomic E-state index is 0.244. The van der Waals surface area contributed by atoms with E-state index >= 15 is 0 Å². The predicted molar refractivity (Wildman–Crippen MR) is 112 cm³/mol. The molecule has 1 aliphatic carbocycles. The van der Waals surface area contributed by atoms with Crippen LogP contribution in [0, 0.1) is 5.92 Å². The first-order valence-corrected chi connectivity index (χ1v) is 9.88. The van der Waals surface area contributed by atoms with Crippen molar-refractivity contribution in [3.05, 3.63) is 73.5 Å². The average Bonchev–Trinajstić information content (AvgIpc) is 2.93. The van der Waals surface area contributed by atoms with Crippen molar-refractivity contribution in [3.8, 4) is 0 Å². The van der Waals surface area contributed by atoms with Gasteiger partial charge in [-0.15, -0.1) is 5.06 Å². The first-order valence-electron chi connectivity index (χ1n) is 9.88. The lowest BCUT2D eigenvalue weighted by atomic mass is 9.93. The van der Waals surface area contributed by atoms with E-state index in [0.29, 0.717) is 23.8 Å². The molecular formula is C23H32N2O3. The van der Waals surface area contributed by atoms with Crippen molar-refractivity contribution in [2.45, 2.75) is 51.4 Å². The number of carbonyl (C=O) groups is 1. The summed E-state index contributed by atoms with van der Waals surface area (Å²) < 4.78 is 0. The number of hydroxylamine groups is 4. The fraction of sp³-hybridized carbons (Fsp3) is 0.435. The van der Waals surface area contributed by atoms with Gasteiger partial charge in [0.2, 0.25) is 0 Å². The van der Waals surface area contributed by atoms with Gasteiger partial charge in [-0.2, -0.15) is 0 Å². The van der Waals surface area contributed by atoms with Gasteiger partial charge in [-0.25, -0.2) is 5.06 Å². The van der Waals surface area contributed by atoms with Crippen LogP contribution in [0.4, 0.5) is 0 Å². The number of hydrogen-bond donors (Lipinski definition) is 0. The van der Waals surface area contributed by atoms with E-state index < -0.39 is 0 Å². The van der Waals surface area contributed by atoms with Gasteiger partial charge in [-0.3, -0.25) is 4.79 Å². The first kappa shape index (κ1) is 21.6. The number of hydrogen-bond acceptors (Lipinski definition) is 4. The third kappa shape index (κ3) is 6.48. The van der Waals surface area contributed by atoms with Crippen LogP contribution in [0.5, 0.6) is 0 Å². The molecule has 1 aliphatic heterocycles. The molecule has 2 rings (SSSR count). The molecule has 152 valence electrons. The molecule has 28 heavy (non-hydrogen) atoms. The normalized spacial score (nSPS) is 20.3. The van der Waals surface area contributed by atoms with Crippen LogP contribution in [-0.4, -0.2) is 23.1 Å². The summed E-state index contributed by atoms with van der Waals surface area (Å²) in [5.74, 6) is 1.46.